The van der Waals surface area contributed by atoms with Gasteiger partial charge in [0.05, 0.1) is 18.7 Å². The van der Waals surface area contributed by atoms with Gasteiger partial charge in [-0.25, -0.2) is 9.97 Å². The topological polar surface area (TPSA) is 71.5 Å². The largest absolute Gasteiger partial charge is 0.364 e. The Hall–Kier alpha value is -2.54. The second-order valence-corrected chi connectivity index (χ2v) is 8.94. The van der Waals surface area contributed by atoms with Crippen molar-refractivity contribution in [2.45, 2.75) is 51.2 Å². The van der Waals surface area contributed by atoms with Gasteiger partial charge in [-0.1, -0.05) is 13.0 Å². The molecule has 0 aromatic carbocycles. The number of nitrogens with zero attached hydrogens (tertiary/aromatic N) is 5. The van der Waals surface area contributed by atoms with Gasteiger partial charge in [0, 0.05) is 50.3 Å². The van der Waals surface area contributed by atoms with Gasteiger partial charge < -0.3 is 14.5 Å². The summed E-state index contributed by atoms with van der Waals surface area (Å²) in [5.41, 5.74) is 2.72. The molecule has 3 aliphatic heterocycles. The molecule has 2 aromatic heterocycles. The summed E-state index contributed by atoms with van der Waals surface area (Å²) < 4.78 is 6.29. The summed E-state index contributed by atoms with van der Waals surface area (Å²) in [4.78, 5) is 30.8. The number of hydrogen-bond donors (Lipinski definition) is 0. The molecule has 5 rings (SSSR count). The molecule has 1 spiro atoms. The monoisotopic (exact) mass is 407 g/mol. The van der Waals surface area contributed by atoms with Crippen molar-refractivity contribution in [2.75, 3.05) is 31.1 Å². The number of amides is 1. The van der Waals surface area contributed by atoms with Gasteiger partial charge in [0.1, 0.15) is 5.60 Å². The van der Waals surface area contributed by atoms with E-state index >= 15 is 0 Å². The van der Waals surface area contributed by atoms with E-state index in [4.69, 9.17) is 9.72 Å². The van der Waals surface area contributed by atoms with Crippen molar-refractivity contribution in [2.24, 2.45) is 5.92 Å². The SMILES string of the molecule is C[C@@H]1CCCN(c2ncc3c(n2)C2(CCN(C(=O)Cc4cccnc4)CC2)OC3)C1. The first-order valence-corrected chi connectivity index (χ1v) is 11.0. The number of anilines is 1. The van der Waals surface area contributed by atoms with Crippen LogP contribution in [0.4, 0.5) is 5.95 Å². The summed E-state index contributed by atoms with van der Waals surface area (Å²) in [5.74, 6) is 1.66. The van der Waals surface area contributed by atoms with Crippen LogP contribution in [0.25, 0.3) is 0 Å². The summed E-state index contributed by atoms with van der Waals surface area (Å²) in [7, 11) is 0. The fourth-order valence-corrected chi connectivity index (χ4v) is 4.99. The summed E-state index contributed by atoms with van der Waals surface area (Å²) in [6.07, 6.45) is 9.88. The van der Waals surface area contributed by atoms with E-state index in [0.717, 1.165) is 48.7 Å². The van der Waals surface area contributed by atoms with Crippen LogP contribution in [0.2, 0.25) is 0 Å². The number of rotatable bonds is 3. The number of hydrogen-bond acceptors (Lipinski definition) is 6. The van der Waals surface area contributed by atoms with Crippen molar-refractivity contribution in [1.82, 2.24) is 19.9 Å². The molecule has 0 aliphatic carbocycles. The van der Waals surface area contributed by atoms with E-state index < -0.39 is 0 Å². The van der Waals surface area contributed by atoms with Gasteiger partial charge in [-0.3, -0.25) is 9.78 Å². The summed E-state index contributed by atoms with van der Waals surface area (Å²) >= 11 is 0. The van der Waals surface area contributed by atoms with Gasteiger partial charge in [-0.15, -0.1) is 0 Å². The Kier molecular flexibility index (Phi) is 5.15. The minimum Gasteiger partial charge on any atom is -0.364 e. The van der Waals surface area contributed by atoms with E-state index in [1.165, 1.54) is 12.8 Å². The third kappa shape index (κ3) is 3.67. The van der Waals surface area contributed by atoms with Crippen molar-refractivity contribution in [3.05, 3.63) is 47.5 Å². The summed E-state index contributed by atoms with van der Waals surface area (Å²) in [6, 6.07) is 3.82. The molecule has 2 fully saturated rings. The maximum Gasteiger partial charge on any atom is 0.227 e. The third-order valence-corrected chi connectivity index (χ3v) is 6.73. The van der Waals surface area contributed by atoms with E-state index in [1.54, 1.807) is 12.4 Å². The number of likely N-dealkylation sites (tertiary alicyclic amines) is 1. The second kappa shape index (κ2) is 7.95. The smallest absolute Gasteiger partial charge is 0.227 e. The molecule has 2 aromatic rings. The zero-order chi connectivity index (χ0) is 20.6. The zero-order valence-corrected chi connectivity index (χ0v) is 17.6. The van der Waals surface area contributed by atoms with Crippen LogP contribution >= 0.6 is 0 Å². The maximum atomic E-state index is 12.7. The average Bonchev–Trinajstić information content (AvgIpc) is 3.12. The van der Waals surface area contributed by atoms with E-state index in [1.807, 2.05) is 23.2 Å². The molecular formula is C23H29N5O2. The van der Waals surface area contributed by atoms with Crippen LogP contribution in [0.1, 0.15) is 49.4 Å². The highest BCUT2D eigenvalue weighted by molar-refractivity contribution is 5.78. The van der Waals surface area contributed by atoms with E-state index in [2.05, 4.69) is 21.8 Å². The van der Waals surface area contributed by atoms with Crippen molar-refractivity contribution in [1.29, 1.82) is 0 Å². The Morgan fingerprint density at radius 2 is 2.13 bits per heavy atom. The van der Waals surface area contributed by atoms with Crippen LogP contribution in [-0.2, 0) is 28.2 Å². The second-order valence-electron chi connectivity index (χ2n) is 8.94. The minimum absolute atomic E-state index is 0.154. The lowest BCUT2D eigenvalue weighted by molar-refractivity contribution is -0.137. The quantitative estimate of drug-likeness (QED) is 0.779. The van der Waals surface area contributed by atoms with E-state index in [9.17, 15) is 4.79 Å². The molecule has 1 atom stereocenters. The molecule has 7 nitrogen and oxygen atoms in total. The molecule has 3 aliphatic rings. The predicted octanol–water partition coefficient (Wildman–Crippen LogP) is 2.70. The van der Waals surface area contributed by atoms with Crippen LogP contribution in [-0.4, -0.2) is 51.9 Å². The number of pyridine rings is 1. The van der Waals surface area contributed by atoms with Crippen molar-refractivity contribution in [3.8, 4) is 0 Å². The number of ether oxygens (including phenoxy) is 1. The molecule has 0 bridgehead atoms. The normalized spacial score (nSPS) is 22.9. The van der Waals surface area contributed by atoms with Gasteiger partial charge in [-0.05, 0) is 43.2 Å². The highest BCUT2D eigenvalue weighted by Crippen LogP contribution is 2.43. The van der Waals surface area contributed by atoms with Crippen molar-refractivity contribution >= 4 is 11.9 Å². The fraction of sp³-hybridized carbons (Fsp3) is 0.565. The highest BCUT2D eigenvalue weighted by Gasteiger charge is 2.45. The molecule has 0 N–H and O–H groups in total. The first-order chi connectivity index (χ1) is 14.6. The zero-order valence-electron chi connectivity index (χ0n) is 17.6. The van der Waals surface area contributed by atoms with Crippen LogP contribution < -0.4 is 4.90 Å². The number of carbonyl (C=O) groups excluding carboxylic acids is 1. The lowest BCUT2D eigenvalue weighted by Crippen LogP contribution is -2.46. The molecule has 0 saturated carbocycles. The predicted molar refractivity (Wildman–Crippen MR) is 113 cm³/mol. The Labute approximate surface area is 177 Å². The first kappa shape index (κ1) is 19.4. The molecule has 7 heteroatoms. The Morgan fingerprint density at radius 3 is 2.90 bits per heavy atom. The van der Waals surface area contributed by atoms with Crippen LogP contribution in [0, 0.1) is 5.92 Å². The standard InChI is InChI=1S/C23H29N5O2/c1-17-4-3-9-28(15-17)22-25-14-19-16-30-23(21(19)26-22)6-10-27(11-7-23)20(29)12-18-5-2-8-24-13-18/h2,5,8,13-14,17H,3-4,6-7,9-12,15-16H2,1H3/t17-/m1/s1. The Bertz CT molecular complexity index is 911. The van der Waals surface area contributed by atoms with Gasteiger partial charge in [0.25, 0.3) is 0 Å². The molecule has 1 amide bonds. The molecule has 0 unspecified atom stereocenters. The number of fused-ring (bicyclic) bond motifs is 2. The summed E-state index contributed by atoms with van der Waals surface area (Å²) in [5, 5.41) is 0. The molecule has 158 valence electrons. The minimum atomic E-state index is -0.375. The Balaban J connectivity index is 1.29. The molecular weight excluding hydrogens is 378 g/mol. The molecule has 0 radical (unpaired) electrons. The van der Waals surface area contributed by atoms with Gasteiger partial charge >= 0.3 is 0 Å². The van der Waals surface area contributed by atoms with Crippen LogP contribution in [0.15, 0.2) is 30.7 Å². The molecule has 5 heterocycles. The molecule has 30 heavy (non-hydrogen) atoms. The average molecular weight is 408 g/mol. The lowest BCUT2D eigenvalue weighted by Gasteiger charge is -2.39. The number of carbonyl (C=O) groups is 1. The number of piperidine rings is 2. The highest BCUT2D eigenvalue weighted by atomic mass is 16.5. The Morgan fingerprint density at radius 1 is 1.27 bits per heavy atom. The van der Waals surface area contributed by atoms with Gasteiger partial charge in [0.15, 0.2) is 0 Å². The maximum absolute atomic E-state index is 12.7. The summed E-state index contributed by atoms with van der Waals surface area (Å²) in [6.45, 7) is 6.28. The lowest BCUT2D eigenvalue weighted by atomic mass is 9.87. The number of aromatic nitrogens is 3. The van der Waals surface area contributed by atoms with Crippen molar-refractivity contribution in [3.63, 3.8) is 0 Å². The fourth-order valence-electron chi connectivity index (χ4n) is 4.99. The van der Waals surface area contributed by atoms with E-state index in [0.29, 0.717) is 32.0 Å². The van der Waals surface area contributed by atoms with Crippen LogP contribution in [0.5, 0.6) is 0 Å². The van der Waals surface area contributed by atoms with Gasteiger partial charge in [-0.2, -0.15) is 0 Å². The van der Waals surface area contributed by atoms with Gasteiger partial charge in [0.2, 0.25) is 11.9 Å². The van der Waals surface area contributed by atoms with Crippen molar-refractivity contribution < 1.29 is 9.53 Å². The van der Waals surface area contributed by atoms with Crippen LogP contribution in [0.3, 0.4) is 0 Å². The van der Waals surface area contributed by atoms with E-state index in [-0.39, 0.29) is 11.5 Å². The third-order valence-electron chi connectivity index (χ3n) is 6.73. The first-order valence-electron chi connectivity index (χ1n) is 11.0. The molecule has 2 saturated heterocycles.